The molecule has 2 aliphatic heterocycles. The molecule has 2 saturated heterocycles. The van der Waals surface area contributed by atoms with Crippen LogP contribution in [0, 0.1) is 0 Å². The molecule has 0 saturated carbocycles. The van der Waals surface area contributed by atoms with Gasteiger partial charge in [-0.25, -0.2) is 0 Å². The summed E-state index contributed by atoms with van der Waals surface area (Å²) >= 11 is 0. The van der Waals surface area contributed by atoms with Crippen molar-refractivity contribution in [2.24, 2.45) is 0 Å². The maximum Gasteiger partial charge on any atom is 0.246 e. The summed E-state index contributed by atoms with van der Waals surface area (Å²) in [6.45, 7) is 5.66. The molecule has 2 heterocycles. The zero-order valence-electron chi connectivity index (χ0n) is 15.8. The Kier molecular flexibility index (Phi) is 6.14. The molecule has 1 aromatic rings. The van der Waals surface area contributed by atoms with E-state index in [0.717, 1.165) is 31.1 Å². The third kappa shape index (κ3) is 4.36. The molecule has 0 bridgehead atoms. The van der Waals surface area contributed by atoms with Gasteiger partial charge in [-0.2, -0.15) is 0 Å². The molecule has 0 aliphatic carbocycles. The van der Waals surface area contributed by atoms with Crippen LogP contribution in [0.2, 0.25) is 0 Å². The SMILES string of the molecule is COc1cccc(N2C[C@@H](C)N(C(=O)CCN3CCCCC3)CC2=O)c1. The highest BCUT2D eigenvalue weighted by Gasteiger charge is 2.33. The van der Waals surface area contributed by atoms with Crippen molar-refractivity contribution >= 4 is 17.5 Å². The number of nitrogens with zero attached hydrogens (tertiary/aromatic N) is 3. The number of likely N-dealkylation sites (tertiary alicyclic amines) is 1. The fourth-order valence-electron chi connectivity index (χ4n) is 3.79. The van der Waals surface area contributed by atoms with Gasteiger partial charge in [0.05, 0.1) is 7.11 Å². The molecule has 0 spiro atoms. The van der Waals surface area contributed by atoms with Crippen LogP contribution in [0.5, 0.6) is 5.75 Å². The van der Waals surface area contributed by atoms with Crippen LogP contribution >= 0.6 is 0 Å². The van der Waals surface area contributed by atoms with Gasteiger partial charge >= 0.3 is 0 Å². The van der Waals surface area contributed by atoms with Crippen molar-refractivity contribution in [3.05, 3.63) is 24.3 Å². The lowest BCUT2D eigenvalue weighted by atomic mass is 10.1. The van der Waals surface area contributed by atoms with Gasteiger partial charge in [0.15, 0.2) is 0 Å². The molecule has 0 radical (unpaired) electrons. The molecule has 26 heavy (non-hydrogen) atoms. The summed E-state index contributed by atoms with van der Waals surface area (Å²) in [5, 5.41) is 0. The smallest absolute Gasteiger partial charge is 0.246 e. The van der Waals surface area contributed by atoms with Crippen molar-refractivity contribution in [1.82, 2.24) is 9.80 Å². The molecule has 1 atom stereocenters. The summed E-state index contributed by atoms with van der Waals surface area (Å²) in [5.41, 5.74) is 0.821. The number of carbonyl (C=O) groups is 2. The second-order valence-corrected chi connectivity index (χ2v) is 7.23. The third-order valence-electron chi connectivity index (χ3n) is 5.36. The van der Waals surface area contributed by atoms with Crippen LogP contribution < -0.4 is 9.64 Å². The summed E-state index contributed by atoms with van der Waals surface area (Å²) in [4.78, 5) is 31.1. The van der Waals surface area contributed by atoms with E-state index in [2.05, 4.69) is 4.90 Å². The molecule has 3 rings (SSSR count). The standard InChI is InChI=1S/C20H29N3O3/c1-16-14-23(17-7-6-8-18(13-17)26-2)20(25)15-22(16)19(24)9-12-21-10-4-3-5-11-21/h6-8,13,16H,3-5,9-12,14-15H2,1-2H3/t16-/m1/s1. The lowest BCUT2D eigenvalue weighted by Crippen LogP contribution is -2.57. The number of anilines is 1. The maximum atomic E-state index is 12.6. The average Bonchev–Trinajstić information content (AvgIpc) is 2.68. The van der Waals surface area contributed by atoms with Crippen LogP contribution in [-0.4, -0.2) is 67.5 Å². The van der Waals surface area contributed by atoms with Gasteiger partial charge < -0.3 is 19.4 Å². The summed E-state index contributed by atoms with van der Waals surface area (Å²) in [7, 11) is 1.61. The molecule has 0 N–H and O–H groups in total. The van der Waals surface area contributed by atoms with Crippen molar-refractivity contribution < 1.29 is 14.3 Å². The van der Waals surface area contributed by atoms with Gasteiger partial charge in [-0.3, -0.25) is 9.59 Å². The molecular formula is C20H29N3O3. The number of methoxy groups -OCH3 is 1. The first-order chi connectivity index (χ1) is 12.6. The monoisotopic (exact) mass is 359 g/mol. The number of hydrogen-bond donors (Lipinski definition) is 0. The Morgan fingerprint density at radius 1 is 1.23 bits per heavy atom. The van der Waals surface area contributed by atoms with Crippen molar-refractivity contribution in [3.63, 3.8) is 0 Å². The Morgan fingerprint density at radius 3 is 2.73 bits per heavy atom. The Morgan fingerprint density at radius 2 is 2.00 bits per heavy atom. The average molecular weight is 359 g/mol. The van der Waals surface area contributed by atoms with Gasteiger partial charge in [0.2, 0.25) is 11.8 Å². The van der Waals surface area contributed by atoms with Crippen LogP contribution in [-0.2, 0) is 9.59 Å². The number of rotatable bonds is 5. The third-order valence-corrected chi connectivity index (χ3v) is 5.36. The molecule has 2 amide bonds. The van der Waals surface area contributed by atoms with E-state index in [0.29, 0.717) is 13.0 Å². The summed E-state index contributed by atoms with van der Waals surface area (Å²) in [6, 6.07) is 7.51. The van der Waals surface area contributed by atoms with Gasteiger partial charge in [0.25, 0.3) is 0 Å². The normalized spacial score (nSPS) is 21.8. The number of hydrogen-bond acceptors (Lipinski definition) is 4. The largest absolute Gasteiger partial charge is 0.497 e. The first-order valence-corrected chi connectivity index (χ1v) is 9.54. The topological polar surface area (TPSA) is 53.1 Å². The minimum absolute atomic E-state index is 0.00718. The Balaban J connectivity index is 1.58. The number of piperazine rings is 1. The highest BCUT2D eigenvalue weighted by Crippen LogP contribution is 2.24. The first-order valence-electron chi connectivity index (χ1n) is 9.54. The van der Waals surface area contributed by atoms with Crippen LogP contribution in [0.3, 0.4) is 0 Å². The zero-order valence-corrected chi connectivity index (χ0v) is 15.8. The van der Waals surface area contributed by atoms with Gasteiger partial charge in [0.1, 0.15) is 12.3 Å². The van der Waals surface area contributed by atoms with Gasteiger partial charge in [-0.15, -0.1) is 0 Å². The minimum atomic E-state index is -0.0392. The van der Waals surface area contributed by atoms with E-state index in [1.165, 1.54) is 19.3 Å². The number of piperidine rings is 1. The van der Waals surface area contributed by atoms with E-state index in [4.69, 9.17) is 4.74 Å². The molecule has 6 heteroatoms. The fourth-order valence-corrected chi connectivity index (χ4v) is 3.79. The lowest BCUT2D eigenvalue weighted by Gasteiger charge is -2.39. The number of benzene rings is 1. The molecule has 6 nitrogen and oxygen atoms in total. The van der Waals surface area contributed by atoms with Crippen LogP contribution in [0.1, 0.15) is 32.6 Å². The number of amides is 2. The fraction of sp³-hybridized carbons (Fsp3) is 0.600. The first kappa shape index (κ1) is 18.7. The van der Waals surface area contributed by atoms with Crippen LogP contribution in [0.4, 0.5) is 5.69 Å². The number of ether oxygens (including phenoxy) is 1. The van der Waals surface area contributed by atoms with E-state index >= 15 is 0 Å². The molecule has 0 aromatic heterocycles. The molecule has 142 valence electrons. The van der Waals surface area contributed by atoms with Crippen molar-refractivity contribution in [2.75, 3.05) is 44.7 Å². The van der Waals surface area contributed by atoms with Crippen LogP contribution in [0.25, 0.3) is 0 Å². The predicted octanol–water partition coefficient (Wildman–Crippen LogP) is 2.13. The van der Waals surface area contributed by atoms with Gasteiger partial charge in [-0.05, 0) is 45.0 Å². The van der Waals surface area contributed by atoms with Crippen molar-refractivity contribution in [2.45, 2.75) is 38.6 Å². The highest BCUT2D eigenvalue weighted by molar-refractivity contribution is 5.98. The van der Waals surface area contributed by atoms with E-state index in [1.54, 1.807) is 16.9 Å². The quantitative estimate of drug-likeness (QED) is 0.808. The Hall–Kier alpha value is -2.08. The summed E-state index contributed by atoms with van der Waals surface area (Å²) in [6.07, 6.45) is 4.24. The number of carbonyl (C=O) groups excluding carboxylic acids is 2. The Bertz CT molecular complexity index is 643. The molecule has 2 aliphatic rings. The highest BCUT2D eigenvalue weighted by atomic mass is 16.5. The van der Waals surface area contributed by atoms with E-state index < -0.39 is 0 Å². The van der Waals surface area contributed by atoms with Gasteiger partial charge in [0, 0.05) is 37.3 Å². The van der Waals surface area contributed by atoms with E-state index in [1.807, 2.05) is 31.2 Å². The maximum absolute atomic E-state index is 12.6. The predicted molar refractivity (Wildman–Crippen MR) is 101 cm³/mol. The second kappa shape index (κ2) is 8.54. The van der Waals surface area contributed by atoms with Crippen molar-refractivity contribution in [3.8, 4) is 5.75 Å². The molecule has 1 aromatic carbocycles. The molecule has 0 unspecified atom stereocenters. The molecular weight excluding hydrogens is 330 g/mol. The summed E-state index contributed by atoms with van der Waals surface area (Å²) in [5.74, 6) is 0.771. The van der Waals surface area contributed by atoms with E-state index in [-0.39, 0.29) is 24.4 Å². The molecule has 2 fully saturated rings. The van der Waals surface area contributed by atoms with Crippen LogP contribution in [0.15, 0.2) is 24.3 Å². The van der Waals surface area contributed by atoms with Crippen molar-refractivity contribution in [1.29, 1.82) is 0 Å². The van der Waals surface area contributed by atoms with Gasteiger partial charge in [-0.1, -0.05) is 12.5 Å². The zero-order chi connectivity index (χ0) is 18.5. The summed E-state index contributed by atoms with van der Waals surface area (Å²) < 4.78 is 5.25. The minimum Gasteiger partial charge on any atom is -0.497 e. The Labute approximate surface area is 155 Å². The lowest BCUT2D eigenvalue weighted by molar-refractivity contribution is -0.139. The van der Waals surface area contributed by atoms with E-state index in [9.17, 15) is 9.59 Å². The second-order valence-electron chi connectivity index (χ2n) is 7.23.